The highest BCUT2D eigenvalue weighted by Gasteiger charge is 2.18. The lowest BCUT2D eigenvalue weighted by molar-refractivity contribution is 0.0250. The SMILES string of the molecule is Cc1cc(Br)cc(CCl)c1OC1CCOCC1. The number of aryl methyl sites for hydroxylation is 1. The van der Waals surface area contributed by atoms with Gasteiger partial charge in [-0.15, -0.1) is 11.6 Å². The van der Waals surface area contributed by atoms with Gasteiger partial charge in [-0.1, -0.05) is 15.9 Å². The van der Waals surface area contributed by atoms with Crippen LogP contribution in [0.1, 0.15) is 24.0 Å². The van der Waals surface area contributed by atoms with E-state index >= 15 is 0 Å². The van der Waals surface area contributed by atoms with E-state index < -0.39 is 0 Å². The van der Waals surface area contributed by atoms with Crippen molar-refractivity contribution in [2.45, 2.75) is 31.7 Å². The summed E-state index contributed by atoms with van der Waals surface area (Å²) in [6.07, 6.45) is 2.17. The van der Waals surface area contributed by atoms with Crippen molar-refractivity contribution in [3.05, 3.63) is 27.7 Å². The summed E-state index contributed by atoms with van der Waals surface area (Å²) in [6.45, 7) is 3.63. The van der Waals surface area contributed by atoms with E-state index in [1.165, 1.54) is 0 Å². The molecular formula is C13H16BrClO2. The second kappa shape index (κ2) is 6.07. The lowest BCUT2D eigenvalue weighted by Crippen LogP contribution is -2.26. The quantitative estimate of drug-likeness (QED) is 0.782. The number of alkyl halides is 1. The Kier molecular flexibility index (Phi) is 4.71. The van der Waals surface area contributed by atoms with Crippen LogP contribution in [0.4, 0.5) is 0 Å². The average molecular weight is 320 g/mol. The van der Waals surface area contributed by atoms with Gasteiger partial charge in [0.25, 0.3) is 0 Å². The third-order valence-electron chi connectivity index (χ3n) is 2.91. The van der Waals surface area contributed by atoms with Gasteiger partial charge < -0.3 is 9.47 Å². The Morgan fingerprint density at radius 1 is 1.41 bits per heavy atom. The molecule has 0 unspecified atom stereocenters. The summed E-state index contributed by atoms with van der Waals surface area (Å²) >= 11 is 9.45. The second-order valence-corrected chi connectivity index (χ2v) is 5.46. The number of ether oxygens (including phenoxy) is 2. The van der Waals surface area contributed by atoms with Crippen LogP contribution in [-0.2, 0) is 10.6 Å². The van der Waals surface area contributed by atoms with Gasteiger partial charge >= 0.3 is 0 Å². The minimum Gasteiger partial charge on any atom is -0.490 e. The molecule has 1 aromatic carbocycles. The van der Waals surface area contributed by atoms with Crippen molar-refractivity contribution >= 4 is 27.5 Å². The first-order valence-corrected chi connectivity index (χ1v) is 7.13. The van der Waals surface area contributed by atoms with E-state index in [4.69, 9.17) is 21.1 Å². The molecule has 0 atom stereocenters. The number of hydrogen-bond donors (Lipinski definition) is 0. The monoisotopic (exact) mass is 318 g/mol. The third-order valence-corrected chi connectivity index (χ3v) is 3.66. The van der Waals surface area contributed by atoms with Crippen LogP contribution in [0, 0.1) is 6.92 Å². The summed E-state index contributed by atoms with van der Waals surface area (Å²) < 4.78 is 12.5. The Morgan fingerprint density at radius 2 is 2.12 bits per heavy atom. The first kappa shape index (κ1) is 13.2. The molecule has 0 spiro atoms. The van der Waals surface area contributed by atoms with Crippen LogP contribution >= 0.6 is 27.5 Å². The van der Waals surface area contributed by atoms with Crippen molar-refractivity contribution in [1.29, 1.82) is 0 Å². The third kappa shape index (κ3) is 3.36. The predicted octanol–water partition coefficient (Wildman–Crippen LogP) is 4.05. The average Bonchev–Trinajstić information content (AvgIpc) is 2.33. The van der Waals surface area contributed by atoms with E-state index in [-0.39, 0.29) is 6.10 Å². The largest absolute Gasteiger partial charge is 0.490 e. The van der Waals surface area contributed by atoms with E-state index in [0.717, 1.165) is 47.4 Å². The molecular weight excluding hydrogens is 303 g/mol. The molecule has 0 saturated carbocycles. The number of rotatable bonds is 3. The van der Waals surface area contributed by atoms with Gasteiger partial charge in [-0.05, 0) is 24.6 Å². The maximum atomic E-state index is 6.08. The standard InChI is InChI=1S/C13H16BrClO2/c1-9-6-11(14)7-10(8-15)13(9)17-12-2-4-16-5-3-12/h6-7,12H,2-5,8H2,1H3. The maximum absolute atomic E-state index is 6.08. The number of hydrogen-bond acceptors (Lipinski definition) is 2. The molecule has 0 N–H and O–H groups in total. The summed E-state index contributed by atoms with van der Waals surface area (Å²) in [4.78, 5) is 0. The summed E-state index contributed by atoms with van der Waals surface area (Å²) in [5, 5.41) is 0. The van der Waals surface area contributed by atoms with Crippen LogP contribution in [0.5, 0.6) is 5.75 Å². The molecule has 17 heavy (non-hydrogen) atoms. The minimum atomic E-state index is 0.255. The molecule has 0 aromatic heterocycles. The second-order valence-electron chi connectivity index (χ2n) is 4.27. The van der Waals surface area contributed by atoms with Gasteiger partial charge in [0, 0.05) is 22.9 Å². The smallest absolute Gasteiger partial charge is 0.127 e. The molecule has 0 radical (unpaired) electrons. The first-order valence-electron chi connectivity index (χ1n) is 5.80. The van der Waals surface area contributed by atoms with Gasteiger partial charge in [-0.2, -0.15) is 0 Å². The Balaban J connectivity index is 2.18. The molecule has 2 nitrogen and oxygen atoms in total. The lowest BCUT2D eigenvalue weighted by Gasteiger charge is -2.25. The topological polar surface area (TPSA) is 18.5 Å². The van der Waals surface area contributed by atoms with E-state index in [1.54, 1.807) is 0 Å². The van der Waals surface area contributed by atoms with Crippen LogP contribution in [0.15, 0.2) is 16.6 Å². The lowest BCUT2D eigenvalue weighted by atomic mass is 10.1. The van der Waals surface area contributed by atoms with Crippen molar-refractivity contribution in [2.75, 3.05) is 13.2 Å². The van der Waals surface area contributed by atoms with E-state index in [2.05, 4.69) is 28.9 Å². The van der Waals surface area contributed by atoms with Gasteiger partial charge in [0.2, 0.25) is 0 Å². The molecule has 1 saturated heterocycles. The molecule has 2 rings (SSSR count). The van der Waals surface area contributed by atoms with E-state index in [9.17, 15) is 0 Å². The Bertz CT molecular complexity index is 389. The fraction of sp³-hybridized carbons (Fsp3) is 0.538. The molecule has 4 heteroatoms. The highest BCUT2D eigenvalue weighted by Crippen LogP contribution is 2.31. The molecule has 1 aromatic rings. The number of benzene rings is 1. The molecule has 1 fully saturated rings. The summed E-state index contributed by atoms with van der Waals surface area (Å²) in [5.41, 5.74) is 2.17. The van der Waals surface area contributed by atoms with E-state index in [0.29, 0.717) is 5.88 Å². The molecule has 1 aliphatic rings. The van der Waals surface area contributed by atoms with Gasteiger partial charge in [-0.25, -0.2) is 0 Å². The van der Waals surface area contributed by atoms with Crippen LogP contribution in [0.2, 0.25) is 0 Å². The normalized spacial score (nSPS) is 17.1. The highest BCUT2D eigenvalue weighted by molar-refractivity contribution is 9.10. The fourth-order valence-corrected chi connectivity index (χ4v) is 2.85. The zero-order chi connectivity index (χ0) is 12.3. The Morgan fingerprint density at radius 3 is 2.76 bits per heavy atom. The highest BCUT2D eigenvalue weighted by atomic mass is 79.9. The molecule has 0 aliphatic carbocycles. The van der Waals surface area contributed by atoms with Crippen LogP contribution in [-0.4, -0.2) is 19.3 Å². The van der Waals surface area contributed by atoms with Crippen LogP contribution < -0.4 is 4.74 Å². The first-order chi connectivity index (χ1) is 8.20. The molecule has 94 valence electrons. The number of halogens is 2. The zero-order valence-corrected chi connectivity index (χ0v) is 12.2. The molecule has 1 heterocycles. The summed E-state index contributed by atoms with van der Waals surface area (Å²) in [6, 6.07) is 4.08. The van der Waals surface area contributed by atoms with Crippen molar-refractivity contribution in [1.82, 2.24) is 0 Å². The zero-order valence-electron chi connectivity index (χ0n) is 9.84. The van der Waals surface area contributed by atoms with Crippen LogP contribution in [0.3, 0.4) is 0 Å². The van der Waals surface area contributed by atoms with Crippen molar-refractivity contribution in [3.63, 3.8) is 0 Å². The van der Waals surface area contributed by atoms with Gasteiger partial charge in [0.1, 0.15) is 11.9 Å². The van der Waals surface area contributed by atoms with Gasteiger partial charge in [0.15, 0.2) is 0 Å². The van der Waals surface area contributed by atoms with Gasteiger partial charge in [0.05, 0.1) is 19.1 Å². The summed E-state index contributed by atoms with van der Waals surface area (Å²) in [7, 11) is 0. The van der Waals surface area contributed by atoms with Crippen molar-refractivity contribution < 1.29 is 9.47 Å². The van der Waals surface area contributed by atoms with Crippen LogP contribution in [0.25, 0.3) is 0 Å². The van der Waals surface area contributed by atoms with Gasteiger partial charge in [-0.3, -0.25) is 0 Å². The minimum absolute atomic E-state index is 0.255. The van der Waals surface area contributed by atoms with Crippen molar-refractivity contribution in [3.8, 4) is 5.75 Å². The predicted molar refractivity (Wildman–Crippen MR) is 72.9 cm³/mol. The molecule has 0 bridgehead atoms. The van der Waals surface area contributed by atoms with E-state index in [1.807, 2.05) is 6.07 Å². The maximum Gasteiger partial charge on any atom is 0.127 e. The summed E-state index contributed by atoms with van der Waals surface area (Å²) in [5.74, 6) is 1.41. The molecule has 0 amide bonds. The Hall–Kier alpha value is -0.250. The molecule has 1 aliphatic heterocycles. The fourth-order valence-electron chi connectivity index (χ4n) is 2.03. The van der Waals surface area contributed by atoms with Crippen molar-refractivity contribution in [2.24, 2.45) is 0 Å². The Labute approximate surface area is 115 Å².